The fourth-order valence-electron chi connectivity index (χ4n) is 4.46. The highest BCUT2D eigenvalue weighted by Crippen LogP contribution is 2.43. The second-order valence-corrected chi connectivity index (χ2v) is 10.8. The monoisotopic (exact) mass is 527 g/mol. The van der Waals surface area contributed by atoms with Gasteiger partial charge in [0, 0.05) is 30.0 Å². The van der Waals surface area contributed by atoms with Crippen LogP contribution in [0.2, 0.25) is 0 Å². The van der Waals surface area contributed by atoms with Gasteiger partial charge in [-0.05, 0) is 57.2 Å². The Morgan fingerprint density at radius 2 is 1.82 bits per heavy atom. The van der Waals surface area contributed by atoms with E-state index in [2.05, 4.69) is 10.1 Å². The Kier molecular flexibility index (Phi) is 6.53. The average Bonchev–Trinajstić information content (AvgIpc) is 3.56. The molecule has 7 nitrogen and oxygen atoms in total. The predicted octanol–water partition coefficient (Wildman–Crippen LogP) is 5.42. The molecule has 1 aromatic heterocycles. The number of carbonyl (C=O) groups is 1. The largest absolute Gasteiger partial charge is 0.493 e. The number of benzene rings is 2. The number of hydrogen-bond donors (Lipinski definition) is 0. The van der Waals surface area contributed by atoms with Crippen LogP contribution >= 0.6 is 0 Å². The molecule has 0 N–H and O–H groups in total. The summed E-state index contributed by atoms with van der Waals surface area (Å²) in [5.41, 5.74) is 0.0371. The van der Waals surface area contributed by atoms with Crippen LogP contribution in [0.25, 0.3) is 10.8 Å². The van der Waals surface area contributed by atoms with Crippen LogP contribution < -0.4 is 10.3 Å². The van der Waals surface area contributed by atoms with Crippen molar-refractivity contribution in [2.75, 3.05) is 6.61 Å². The summed E-state index contributed by atoms with van der Waals surface area (Å²) in [6.45, 7) is 5.09. The molecule has 1 aliphatic heterocycles. The Morgan fingerprint density at radius 1 is 1.11 bits per heavy atom. The highest BCUT2D eigenvalue weighted by molar-refractivity contribution is 5.98. The molecule has 200 valence electrons. The number of esters is 1. The van der Waals surface area contributed by atoms with Crippen molar-refractivity contribution in [3.63, 3.8) is 0 Å². The molecule has 2 aliphatic rings. The maximum atomic E-state index is 13.8. The molecule has 38 heavy (non-hydrogen) atoms. The van der Waals surface area contributed by atoms with Gasteiger partial charge in [0.05, 0.1) is 28.9 Å². The van der Waals surface area contributed by atoms with E-state index in [0.717, 1.165) is 23.6 Å². The molecule has 10 heteroatoms. The van der Waals surface area contributed by atoms with Crippen LogP contribution in [0.15, 0.2) is 46.2 Å². The third-order valence-electron chi connectivity index (χ3n) is 6.35. The SMILES string of the molecule is CC(C)(C)OC(=O)Cn1nc(CC2=Nc3cc(OCC4CC4)c(C(F)(F)F)cc3C2)c2ccccc2c1=O. The van der Waals surface area contributed by atoms with Gasteiger partial charge in [-0.15, -0.1) is 0 Å². The Balaban J connectivity index is 1.45. The third kappa shape index (κ3) is 5.74. The van der Waals surface area contributed by atoms with Crippen LogP contribution in [0.5, 0.6) is 5.75 Å². The summed E-state index contributed by atoms with van der Waals surface area (Å²) < 4.78 is 53.3. The Morgan fingerprint density at radius 3 is 2.47 bits per heavy atom. The first-order chi connectivity index (χ1) is 17.9. The first-order valence-electron chi connectivity index (χ1n) is 12.5. The summed E-state index contributed by atoms with van der Waals surface area (Å²) in [4.78, 5) is 30.0. The summed E-state index contributed by atoms with van der Waals surface area (Å²) in [7, 11) is 0. The van der Waals surface area contributed by atoms with Gasteiger partial charge in [-0.1, -0.05) is 18.2 Å². The number of ether oxygens (including phenoxy) is 2. The van der Waals surface area contributed by atoms with E-state index >= 15 is 0 Å². The van der Waals surface area contributed by atoms with Crippen LogP contribution in [0.1, 0.15) is 50.4 Å². The molecule has 0 radical (unpaired) electrons. The third-order valence-corrected chi connectivity index (χ3v) is 6.35. The minimum atomic E-state index is -4.55. The lowest BCUT2D eigenvalue weighted by molar-refractivity contribution is -0.155. The van der Waals surface area contributed by atoms with E-state index in [4.69, 9.17) is 9.47 Å². The van der Waals surface area contributed by atoms with E-state index in [9.17, 15) is 22.8 Å². The molecule has 1 saturated carbocycles. The fourth-order valence-corrected chi connectivity index (χ4v) is 4.46. The lowest BCUT2D eigenvalue weighted by Gasteiger charge is -2.19. The highest BCUT2D eigenvalue weighted by atomic mass is 19.4. The van der Waals surface area contributed by atoms with Crippen LogP contribution in [0, 0.1) is 5.92 Å². The van der Waals surface area contributed by atoms with Crippen molar-refractivity contribution >= 4 is 28.1 Å². The minimum Gasteiger partial charge on any atom is -0.493 e. The van der Waals surface area contributed by atoms with Gasteiger partial charge >= 0.3 is 12.1 Å². The smallest absolute Gasteiger partial charge is 0.419 e. The van der Waals surface area contributed by atoms with E-state index in [1.165, 1.54) is 6.07 Å². The summed E-state index contributed by atoms with van der Waals surface area (Å²) in [5, 5.41) is 5.42. The maximum Gasteiger partial charge on any atom is 0.419 e. The van der Waals surface area contributed by atoms with Gasteiger partial charge in [-0.2, -0.15) is 18.3 Å². The number of alkyl halides is 3. The molecule has 0 saturated heterocycles. The molecule has 0 amide bonds. The molecule has 0 atom stereocenters. The lowest BCUT2D eigenvalue weighted by Crippen LogP contribution is -2.32. The molecule has 0 spiro atoms. The lowest BCUT2D eigenvalue weighted by atomic mass is 10.0. The number of carbonyl (C=O) groups excluding carboxylic acids is 1. The van der Waals surface area contributed by atoms with Gasteiger partial charge in [0.15, 0.2) is 0 Å². The number of aromatic nitrogens is 2. The van der Waals surface area contributed by atoms with Crippen molar-refractivity contribution < 1.29 is 27.4 Å². The number of aliphatic imine (C=N–C) groups is 1. The molecule has 0 bridgehead atoms. The highest BCUT2D eigenvalue weighted by Gasteiger charge is 2.37. The second kappa shape index (κ2) is 9.56. The number of rotatable bonds is 7. The standard InChI is InChI=1S/C28H28F3N3O4/c1-27(2,3)38-25(35)14-34-26(36)20-7-5-4-6-19(20)23(33-34)12-18-10-17-11-21(28(29,30)31)24(13-22(17)32-18)37-15-16-8-9-16/h4-7,11,13,16H,8-10,12,14-15H2,1-3H3. The van der Waals surface area contributed by atoms with E-state index in [1.54, 1.807) is 45.0 Å². The van der Waals surface area contributed by atoms with Gasteiger partial charge in [-0.3, -0.25) is 14.6 Å². The second-order valence-electron chi connectivity index (χ2n) is 10.8. The van der Waals surface area contributed by atoms with Crippen molar-refractivity contribution in [2.45, 2.75) is 64.8 Å². The van der Waals surface area contributed by atoms with Crippen LogP contribution in [0.3, 0.4) is 0 Å². The molecule has 3 aromatic rings. The summed E-state index contributed by atoms with van der Waals surface area (Å²) in [6.07, 6.45) is -2.21. The van der Waals surface area contributed by atoms with Gasteiger partial charge in [-0.25, -0.2) is 4.68 Å². The van der Waals surface area contributed by atoms with Gasteiger partial charge < -0.3 is 9.47 Å². The number of fused-ring (bicyclic) bond motifs is 2. The van der Waals surface area contributed by atoms with Gasteiger partial charge in [0.25, 0.3) is 5.56 Å². The molecular formula is C28H28F3N3O4. The number of nitrogens with zero attached hydrogens (tertiary/aromatic N) is 3. The summed E-state index contributed by atoms with van der Waals surface area (Å²) in [5.74, 6) is -0.501. The zero-order valence-corrected chi connectivity index (χ0v) is 21.4. The first-order valence-corrected chi connectivity index (χ1v) is 12.5. The van der Waals surface area contributed by atoms with E-state index in [0.29, 0.717) is 39.3 Å². The average molecular weight is 528 g/mol. The summed E-state index contributed by atoms with van der Waals surface area (Å²) >= 11 is 0. The Labute approximate surface area is 217 Å². The summed E-state index contributed by atoms with van der Waals surface area (Å²) in [6, 6.07) is 9.38. The zero-order chi connectivity index (χ0) is 27.2. The van der Waals surface area contributed by atoms with Crippen molar-refractivity contribution in [3.8, 4) is 5.75 Å². The van der Waals surface area contributed by atoms with E-state index in [1.807, 2.05) is 0 Å². The molecule has 2 heterocycles. The van der Waals surface area contributed by atoms with Crippen LogP contribution in [-0.4, -0.2) is 33.7 Å². The molecule has 1 aliphatic carbocycles. The molecular weight excluding hydrogens is 499 g/mol. The topological polar surface area (TPSA) is 82.8 Å². The molecule has 2 aromatic carbocycles. The van der Waals surface area contributed by atoms with E-state index in [-0.39, 0.29) is 31.7 Å². The van der Waals surface area contributed by atoms with Crippen molar-refractivity contribution in [1.29, 1.82) is 0 Å². The van der Waals surface area contributed by atoms with Crippen LogP contribution in [0.4, 0.5) is 18.9 Å². The van der Waals surface area contributed by atoms with Crippen molar-refractivity contribution in [2.24, 2.45) is 10.9 Å². The number of halogens is 3. The molecule has 1 fully saturated rings. The Bertz CT molecular complexity index is 1500. The first kappa shape index (κ1) is 25.9. The van der Waals surface area contributed by atoms with Gasteiger partial charge in [0.1, 0.15) is 17.9 Å². The van der Waals surface area contributed by atoms with Crippen LogP contribution in [-0.2, 0) is 35.1 Å². The predicted molar refractivity (Wildman–Crippen MR) is 136 cm³/mol. The van der Waals surface area contributed by atoms with Gasteiger partial charge in [0.2, 0.25) is 0 Å². The zero-order valence-electron chi connectivity index (χ0n) is 21.4. The van der Waals surface area contributed by atoms with E-state index < -0.39 is 28.9 Å². The Hall–Kier alpha value is -3.69. The molecule has 0 unspecified atom stereocenters. The van der Waals surface area contributed by atoms with Crippen molar-refractivity contribution in [3.05, 3.63) is 63.6 Å². The fraction of sp³-hybridized carbons (Fsp3) is 0.429. The minimum absolute atomic E-state index is 0.198. The maximum absolute atomic E-state index is 13.8. The van der Waals surface area contributed by atoms with Crippen molar-refractivity contribution in [1.82, 2.24) is 9.78 Å². The quantitative estimate of drug-likeness (QED) is 0.384. The number of hydrogen-bond acceptors (Lipinski definition) is 6. The normalized spacial score (nSPS) is 15.4. The molecule has 5 rings (SSSR count).